The molecule has 220 valence electrons. The lowest BCUT2D eigenvalue weighted by molar-refractivity contribution is -0.107. The van der Waals surface area contributed by atoms with Crippen LogP contribution in [0.1, 0.15) is 43.9 Å². The minimum absolute atomic E-state index is 0.136. The van der Waals surface area contributed by atoms with Gasteiger partial charge >= 0.3 is 6.09 Å². The highest BCUT2D eigenvalue weighted by molar-refractivity contribution is 5.83. The van der Waals surface area contributed by atoms with E-state index in [0.29, 0.717) is 24.5 Å². The van der Waals surface area contributed by atoms with Crippen molar-refractivity contribution in [3.8, 4) is 0 Å². The first-order chi connectivity index (χ1) is 20.3. The Bertz CT molecular complexity index is 1320. The van der Waals surface area contributed by atoms with E-state index in [9.17, 15) is 14.7 Å². The van der Waals surface area contributed by atoms with Gasteiger partial charge in [0.1, 0.15) is 17.0 Å². The van der Waals surface area contributed by atoms with Gasteiger partial charge in [0.05, 0.1) is 26.0 Å². The number of carbonyl (C=O) groups is 2. The van der Waals surface area contributed by atoms with Crippen LogP contribution in [-0.2, 0) is 21.6 Å². The van der Waals surface area contributed by atoms with Crippen molar-refractivity contribution in [3.05, 3.63) is 114 Å². The second-order valence-electron chi connectivity index (χ2n) is 11.0. The Balaban J connectivity index is 1.74. The molecule has 3 aromatic carbocycles. The number of ether oxygens (including phenoxy) is 1. The summed E-state index contributed by atoms with van der Waals surface area (Å²) in [6.07, 6.45) is 2.28. The van der Waals surface area contributed by atoms with Crippen molar-refractivity contribution >= 4 is 24.0 Å². The molecule has 4 rings (SSSR count). The minimum Gasteiger partial charge on any atom is -0.449 e. The summed E-state index contributed by atoms with van der Waals surface area (Å²) in [7, 11) is 0. The molecule has 0 spiro atoms. The number of alkyl carbamates (subject to hydrolysis) is 1. The predicted molar refractivity (Wildman–Crippen MR) is 164 cm³/mol. The number of amides is 2. The average molecular weight is 570 g/mol. The van der Waals surface area contributed by atoms with Gasteiger partial charge in [-0.2, -0.15) is 5.10 Å². The Morgan fingerprint density at radius 3 is 1.90 bits per heavy atom. The summed E-state index contributed by atoms with van der Waals surface area (Å²) in [6.45, 7) is 6.15. The number of anilines is 2. The zero-order chi connectivity index (χ0) is 30.0. The van der Waals surface area contributed by atoms with E-state index in [2.05, 4.69) is 52.1 Å². The highest BCUT2D eigenvalue weighted by Gasteiger charge is 2.38. The molecule has 42 heavy (non-hydrogen) atoms. The standard InChI is InChI=1S/C33H39N5O4/c1-32(2,3)36-31(41)42-23-13-20-37(25-40)29-24-34-38(21-22-39)30(29)35-33(26-14-7-4-8-15-26,27-16-9-5-10-17-27)28-18-11-6-12-19-28/h4-12,14-19,24-25,35,39H,13,20-23H2,1-3H3,(H,36,41). The largest absolute Gasteiger partial charge is 0.449 e. The second kappa shape index (κ2) is 13.8. The average Bonchev–Trinajstić information content (AvgIpc) is 3.38. The van der Waals surface area contributed by atoms with Gasteiger partial charge in [-0.05, 0) is 43.9 Å². The van der Waals surface area contributed by atoms with Crippen LogP contribution in [0.2, 0.25) is 0 Å². The number of aliphatic hydroxyl groups is 1. The van der Waals surface area contributed by atoms with E-state index in [0.717, 1.165) is 23.1 Å². The predicted octanol–water partition coefficient (Wildman–Crippen LogP) is 5.16. The summed E-state index contributed by atoms with van der Waals surface area (Å²) in [4.78, 5) is 26.0. The summed E-state index contributed by atoms with van der Waals surface area (Å²) < 4.78 is 6.98. The maximum atomic E-state index is 12.4. The van der Waals surface area contributed by atoms with Crippen LogP contribution in [0.5, 0.6) is 0 Å². The number of carbonyl (C=O) groups excluding carboxylic acids is 2. The summed E-state index contributed by atoms with van der Waals surface area (Å²) >= 11 is 0. The quantitative estimate of drug-likeness (QED) is 0.117. The van der Waals surface area contributed by atoms with E-state index in [1.807, 2.05) is 75.4 Å². The van der Waals surface area contributed by atoms with E-state index in [-0.39, 0.29) is 19.8 Å². The van der Waals surface area contributed by atoms with E-state index in [1.54, 1.807) is 15.8 Å². The maximum Gasteiger partial charge on any atom is 0.407 e. The van der Waals surface area contributed by atoms with Gasteiger partial charge < -0.3 is 25.4 Å². The molecule has 9 heteroatoms. The fourth-order valence-corrected chi connectivity index (χ4v) is 4.91. The van der Waals surface area contributed by atoms with Crippen molar-refractivity contribution in [2.75, 3.05) is 30.0 Å². The van der Waals surface area contributed by atoms with Gasteiger partial charge in [0.15, 0.2) is 0 Å². The lowest BCUT2D eigenvalue weighted by Crippen LogP contribution is -2.41. The van der Waals surface area contributed by atoms with E-state index < -0.39 is 17.2 Å². The molecule has 0 aliphatic heterocycles. The highest BCUT2D eigenvalue weighted by Crippen LogP contribution is 2.42. The zero-order valence-electron chi connectivity index (χ0n) is 24.4. The van der Waals surface area contributed by atoms with Crippen LogP contribution in [0, 0.1) is 0 Å². The molecule has 0 atom stereocenters. The molecule has 4 aromatic rings. The first kappa shape index (κ1) is 30.3. The van der Waals surface area contributed by atoms with Gasteiger partial charge in [-0.1, -0.05) is 91.0 Å². The molecular weight excluding hydrogens is 530 g/mol. The Labute approximate surface area is 247 Å². The maximum absolute atomic E-state index is 12.4. The third kappa shape index (κ3) is 7.16. The lowest BCUT2D eigenvalue weighted by atomic mass is 9.77. The number of benzene rings is 3. The molecule has 3 N–H and O–H groups in total. The first-order valence-electron chi connectivity index (χ1n) is 14.1. The SMILES string of the molecule is CC(C)(C)NC(=O)OCCCN(C=O)c1cnn(CCO)c1NC(c1ccccc1)(c1ccccc1)c1ccccc1. The molecule has 1 heterocycles. The first-order valence-corrected chi connectivity index (χ1v) is 14.1. The van der Waals surface area contributed by atoms with E-state index in [4.69, 9.17) is 4.74 Å². The number of rotatable bonds is 13. The topological polar surface area (TPSA) is 109 Å². The fraction of sp³-hybridized carbons (Fsp3) is 0.303. The molecule has 0 aliphatic carbocycles. The summed E-state index contributed by atoms with van der Waals surface area (Å²) in [5, 5.41) is 21.0. The fourth-order valence-electron chi connectivity index (χ4n) is 4.91. The Hall–Kier alpha value is -4.63. The second-order valence-corrected chi connectivity index (χ2v) is 11.0. The molecule has 0 saturated carbocycles. The Morgan fingerprint density at radius 1 is 0.929 bits per heavy atom. The van der Waals surface area contributed by atoms with Crippen molar-refractivity contribution in [1.82, 2.24) is 15.1 Å². The van der Waals surface area contributed by atoms with Crippen LogP contribution in [0.15, 0.2) is 97.2 Å². The third-order valence-electron chi connectivity index (χ3n) is 6.75. The molecule has 2 amide bonds. The Morgan fingerprint density at radius 2 is 1.45 bits per heavy atom. The minimum atomic E-state index is -0.867. The smallest absolute Gasteiger partial charge is 0.407 e. The number of nitrogens with one attached hydrogen (secondary N) is 2. The van der Waals surface area contributed by atoms with Crippen LogP contribution in [0.4, 0.5) is 16.3 Å². The van der Waals surface area contributed by atoms with Gasteiger partial charge in [0.2, 0.25) is 6.41 Å². The molecule has 1 aromatic heterocycles. The highest BCUT2D eigenvalue weighted by atomic mass is 16.5. The molecule has 9 nitrogen and oxygen atoms in total. The van der Waals surface area contributed by atoms with Crippen molar-refractivity contribution in [1.29, 1.82) is 0 Å². The van der Waals surface area contributed by atoms with Crippen LogP contribution in [0.25, 0.3) is 0 Å². The van der Waals surface area contributed by atoms with Crippen LogP contribution >= 0.6 is 0 Å². The zero-order valence-corrected chi connectivity index (χ0v) is 24.4. The molecule has 0 unspecified atom stereocenters. The van der Waals surface area contributed by atoms with Crippen molar-refractivity contribution in [2.24, 2.45) is 0 Å². The lowest BCUT2D eigenvalue weighted by Gasteiger charge is -2.38. The number of aliphatic hydroxyl groups excluding tert-OH is 1. The summed E-state index contributed by atoms with van der Waals surface area (Å²) in [5.41, 5.74) is 2.23. The van der Waals surface area contributed by atoms with E-state index >= 15 is 0 Å². The van der Waals surface area contributed by atoms with Gasteiger partial charge in [0, 0.05) is 12.1 Å². The van der Waals surface area contributed by atoms with Crippen molar-refractivity contribution < 1.29 is 19.4 Å². The van der Waals surface area contributed by atoms with Gasteiger partial charge in [-0.25, -0.2) is 9.48 Å². The normalized spacial score (nSPS) is 11.5. The van der Waals surface area contributed by atoms with Crippen LogP contribution in [-0.4, -0.2) is 52.7 Å². The monoisotopic (exact) mass is 569 g/mol. The van der Waals surface area contributed by atoms with Gasteiger partial charge in [-0.3, -0.25) is 4.79 Å². The van der Waals surface area contributed by atoms with Crippen molar-refractivity contribution in [2.45, 2.75) is 44.8 Å². The number of hydrogen-bond acceptors (Lipinski definition) is 6. The van der Waals surface area contributed by atoms with Gasteiger partial charge in [0.25, 0.3) is 0 Å². The van der Waals surface area contributed by atoms with Crippen LogP contribution < -0.4 is 15.5 Å². The molecule has 0 aliphatic rings. The van der Waals surface area contributed by atoms with Gasteiger partial charge in [-0.15, -0.1) is 0 Å². The third-order valence-corrected chi connectivity index (χ3v) is 6.75. The molecule has 0 fully saturated rings. The number of nitrogens with zero attached hydrogens (tertiary/aromatic N) is 3. The van der Waals surface area contributed by atoms with Crippen LogP contribution in [0.3, 0.4) is 0 Å². The number of aromatic nitrogens is 2. The summed E-state index contributed by atoms with van der Waals surface area (Å²) in [6, 6.07) is 30.3. The summed E-state index contributed by atoms with van der Waals surface area (Å²) in [5.74, 6) is 0.569. The number of hydrogen-bond donors (Lipinski definition) is 3. The molecular formula is C33H39N5O4. The van der Waals surface area contributed by atoms with E-state index in [1.165, 1.54) is 0 Å². The Kier molecular flexibility index (Phi) is 9.98. The van der Waals surface area contributed by atoms with Crippen molar-refractivity contribution in [3.63, 3.8) is 0 Å². The molecule has 0 radical (unpaired) electrons. The molecule has 0 bridgehead atoms. The molecule has 0 saturated heterocycles.